The van der Waals surface area contributed by atoms with E-state index >= 15 is 0 Å². The molecule has 0 spiro atoms. The molecule has 21 heavy (non-hydrogen) atoms. The van der Waals surface area contributed by atoms with E-state index in [0.717, 1.165) is 17.8 Å². The Bertz CT molecular complexity index is 720. The molecule has 3 aromatic heterocycles. The lowest BCUT2D eigenvalue weighted by molar-refractivity contribution is 0.682. The fraction of sp³-hybridized carbons (Fsp3) is 0.357. The molecule has 0 amide bonds. The second-order valence-electron chi connectivity index (χ2n) is 4.97. The highest BCUT2D eigenvalue weighted by Crippen LogP contribution is 2.24. The van der Waals surface area contributed by atoms with Crippen molar-refractivity contribution < 1.29 is 0 Å². The van der Waals surface area contributed by atoms with E-state index in [0.29, 0.717) is 17.6 Å². The predicted molar refractivity (Wildman–Crippen MR) is 87.1 cm³/mol. The molecular formula is C14H18N6S. The van der Waals surface area contributed by atoms with Gasteiger partial charge in [0.15, 0.2) is 11.5 Å². The molecule has 0 bridgehead atoms. The predicted octanol–water partition coefficient (Wildman–Crippen LogP) is 2.52. The Morgan fingerprint density at radius 1 is 1.43 bits per heavy atom. The van der Waals surface area contributed by atoms with Crippen molar-refractivity contribution in [2.24, 2.45) is 0 Å². The molecule has 1 atom stereocenters. The molecule has 0 aliphatic carbocycles. The number of hydrogen-bond acceptors (Lipinski definition) is 6. The zero-order valence-electron chi connectivity index (χ0n) is 12.3. The van der Waals surface area contributed by atoms with Crippen LogP contribution in [0.5, 0.6) is 0 Å². The number of rotatable bonds is 5. The number of anilines is 2. The summed E-state index contributed by atoms with van der Waals surface area (Å²) in [7, 11) is 3.87. The van der Waals surface area contributed by atoms with Crippen LogP contribution in [-0.2, 0) is 6.42 Å². The zero-order chi connectivity index (χ0) is 14.8. The molecule has 7 heteroatoms. The molecule has 3 rings (SSSR count). The SMILES string of the molecule is CNc1nc(N(C)C(C)Cc2cccs2)c2[nH]cnc2n1. The third kappa shape index (κ3) is 2.69. The van der Waals surface area contributed by atoms with Gasteiger partial charge in [-0.25, -0.2) is 4.98 Å². The summed E-state index contributed by atoms with van der Waals surface area (Å²) in [5, 5.41) is 5.10. The molecular weight excluding hydrogens is 284 g/mol. The van der Waals surface area contributed by atoms with Crippen molar-refractivity contribution in [1.82, 2.24) is 19.9 Å². The van der Waals surface area contributed by atoms with Gasteiger partial charge < -0.3 is 15.2 Å². The van der Waals surface area contributed by atoms with Crippen LogP contribution in [0.25, 0.3) is 11.2 Å². The van der Waals surface area contributed by atoms with Gasteiger partial charge in [-0.05, 0) is 18.4 Å². The minimum atomic E-state index is 0.328. The number of fused-ring (bicyclic) bond motifs is 1. The smallest absolute Gasteiger partial charge is 0.226 e. The van der Waals surface area contributed by atoms with E-state index in [4.69, 9.17) is 0 Å². The summed E-state index contributed by atoms with van der Waals surface area (Å²) in [6.45, 7) is 2.20. The van der Waals surface area contributed by atoms with Crippen LogP contribution in [0.3, 0.4) is 0 Å². The van der Waals surface area contributed by atoms with Crippen molar-refractivity contribution in [3.8, 4) is 0 Å². The Morgan fingerprint density at radius 2 is 2.29 bits per heavy atom. The maximum absolute atomic E-state index is 4.58. The topological polar surface area (TPSA) is 69.7 Å². The quantitative estimate of drug-likeness (QED) is 0.758. The summed E-state index contributed by atoms with van der Waals surface area (Å²) in [4.78, 5) is 19.8. The third-order valence-electron chi connectivity index (χ3n) is 3.56. The van der Waals surface area contributed by atoms with Crippen LogP contribution < -0.4 is 10.2 Å². The van der Waals surface area contributed by atoms with Gasteiger partial charge in [-0.2, -0.15) is 9.97 Å². The molecule has 0 aliphatic rings. The fourth-order valence-corrected chi connectivity index (χ4v) is 3.08. The van der Waals surface area contributed by atoms with Crippen molar-refractivity contribution in [3.05, 3.63) is 28.7 Å². The molecule has 0 aliphatic heterocycles. The van der Waals surface area contributed by atoms with E-state index in [2.05, 4.69) is 61.6 Å². The number of hydrogen-bond donors (Lipinski definition) is 2. The number of aromatic amines is 1. The Hall–Kier alpha value is -2.15. The molecule has 3 heterocycles. The molecule has 0 aromatic carbocycles. The number of thiophene rings is 1. The van der Waals surface area contributed by atoms with Gasteiger partial charge in [0.1, 0.15) is 5.52 Å². The molecule has 6 nitrogen and oxygen atoms in total. The number of H-pyrrole nitrogens is 1. The second kappa shape index (κ2) is 5.69. The summed E-state index contributed by atoms with van der Waals surface area (Å²) in [6.07, 6.45) is 2.64. The molecule has 1 unspecified atom stereocenters. The van der Waals surface area contributed by atoms with Gasteiger partial charge in [0.2, 0.25) is 5.95 Å². The molecule has 0 saturated carbocycles. The molecule has 110 valence electrons. The van der Waals surface area contributed by atoms with Gasteiger partial charge >= 0.3 is 0 Å². The first-order valence-electron chi connectivity index (χ1n) is 6.83. The van der Waals surface area contributed by atoms with Crippen molar-refractivity contribution >= 4 is 34.3 Å². The third-order valence-corrected chi connectivity index (χ3v) is 4.46. The number of likely N-dealkylation sites (N-methyl/N-ethyl adjacent to an activating group) is 1. The minimum Gasteiger partial charge on any atom is -0.357 e. The van der Waals surface area contributed by atoms with Crippen LogP contribution in [0.15, 0.2) is 23.8 Å². The van der Waals surface area contributed by atoms with E-state index in [1.807, 2.05) is 7.05 Å². The van der Waals surface area contributed by atoms with E-state index < -0.39 is 0 Å². The van der Waals surface area contributed by atoms with Gasteiger partial charge in [0.05, 0.1) is 6.33 Å². The van der Waals surface area contributed by atoms with Gasteiger partial charge in [0.25, 0.3) is 0 Å². The fourth-order valence-electron chi connectivity index (χ4n) is 2.25. The lowest BCUT2D eigenvalue weighted by Gasteiger charge is -2.26. The first-order valence-corrected chi connectivity index (χ1v) is 7.71. The summed E-state index contributed by atoms with van der Waals surface area (Å²) >= 11 is 1.78. The Morgan fingerprint density at radius 3 is 3.00 bits per heavy atom. The van der Waals surface area contributed by atoms with Crippen molar-refractivity contribution in [2.75, 3.05) is 24.3 Å². The molecule has 0 saturated heterocycles. The number of aromatic nitrogens is 4. The van der Waals surface area contributed by atoms with E-state index in [-0.39, 0.29) is 0 Å². The number of nitrogens with one attached hydrogen (secondary N) is 2. The van der Waals surface area contributed by atoms with Crippen LogP contribution in [0.4, 0.5) is 11.8 Å². The highest BCUT2D eigenvalue weighted by atomic mass is 32.1. The highest BCUT2D eigenvalue weighted by Gasteiger charge is 2.18. The Kier molecular flexibility index (Phi) is 3.74. The van der Waals surface area contributed by atoms with Crippen LogP contribution in [0.2, 0.25) is 0 Å². The van der Waals surface area contributed by atoms with E-state index in [9.17, 15) is 0 Å². The maximum atomic E-state index is 4.58. The normalized spacial score (nSPS) is 12.5. The first-order chi connectivity index (χ1) is 10.2. The van der Waals surface area contributed by atoms with Crippen LogP contribution in [-0.4, -0.2) is 40.1 Å². The number of nitrogens with zero attached hydrogens (tertiary/aromatic N) is 4. The Balaban J connectivity index is 1.92. The van der Waals surface area contributed by atoms with Crippen molar-refractivity contribution in [2.45, 2.75) is 19.4 Å². The van der Waals surface area contributed by atoms with Gasteiger partial charge in [0, 0.05) is 31.4 Å². The Labute approximate surface area is 127 Å². The average Bonchev–Trinajstić information content (AvgIpc) is 3.15. The van der Waals surface area contributed by atoms with Crippen molar-refractivity contribution in [3.63, 3.8) is 0 Å². The lowest BCUT2D eigenvalue weighted by atomic mass is 10.2. The maximum Gasteiger partial charge on any atom is 0.226 e. The van der Waals surface area contributed by atoms with E-state index in [1.165, 1.54) is 4.88 Å². The van der Waals surface area contributed by atoms with Crippen LogP contribution >= 0.6 is 11.3 Å². The van der Waals surface area contributed by atoms with Gasteiger partial charge in [-0.15, -0.1) is 11.3 Å². The zero-order valence-corrected chi connectivity index (χ0v) is 13.1. The summed E-state index contributed by atoms with van der Waals surface area (Å²) in [5.74, 6) is 1.45. The summed E-state index contributed by atoms with van der Waals surface area (Å²) in [5.41, 5.74) is 1.55. The van der Waals surface area contributed by atoms with E-state index in [1.54, 1.807) is 17.7 Å². The first kappa shape index (κ1) is 13.8. The standard InChI is InChI=1S/C14H18N6S/c1-9(7-10-5-4-6-21-10)20(3)13-11-12(17-8-16-11)18-14(15-2)19-13/h4-6,8-9H,7H2,1-3H3,(H2,15,16,17,18,19). The van der Waals surface area contributed by atoms with Gasteiger partial charge in [-0.3, -0.25) is 0 Å². The number of imidazole rings is 1. The molecule has 0 radical (unpaired) electrons. The van der Waals surface area contributed by atoms with Crippen LogP contribution in [0.1, 0.15) is 11.8 Å². The lowest BCUT2D eigenvalue weighted by Crippen LogP contribution is -2.31. The molecule has 0 fully saturated rings. The molecule has 2 N–H and O–H groups in total. The highest BCUT2D eigenvalue weighted by molar-refractivity contribution is 7.09. The van der Waals surface area contributed by atoms with Gasteiger partial charge in [-0.1, -0.05) is 6.07 Å². The average molecular weight is 302 g/mol. The summed E-state index contributed by atoms with van der Waals surface area (Å²) < 4.78 is 0. The van der Waals surface area contributed by atoms with Crippen molar-refractivity contribution in [1.29, 1.82) is 0 Å². The second-order valence-corrected chi connectivity index (χ2v) is 6.00. The minimum absolute atomic E-state index is 0.328. The molecule has 3 aromatic rings. The van der Waals surface area contributed by atoms with Crippen LogP contribution in [0, 0.1) is 0 Å². The monoisotopic (exact) mass is 302 g/mol. The largest absolute Gasteiger partial charge is 0.357 e. The summed E-state index contributed by atoms with van der Waals surface area (Å²) in [6, 6.07) is 4.58.